The number of carbonyl (C=O) groups is 1. The van der Waals surface area contributed by atoms with E-state index < -0.39 is 0 Å². The Hall–Kier alpha value is -2.41. The van der Waals surface area contributed by atoms with Crippen LogP contribution in [0.25, 0.3) is 0 Å². The van der Waals surface area contributed by atoms with Gasteiger partial charge in [-0.2, -0.15) is 5.10 Å². The van der Waals surface area contributed by atoms with Crippen LogP contribution < -0.4 is 5.73 Å². The van der Waals surface area contributed by atoms with Crippen molar-refractivity contribution in [3.8, 4) is 0 Å². The first-order valence-corrected chi connectivity index (χ1v) is 8.18. The van der Waals surface area contributed by atoms with Gasteiger partial charge < -0.3 is 10.5 Å². The van der Waals surface area contributed by atoms with Crippen LogP contribution in [-0.2, 0) is 22.5 Å². The fraction of sp³-hybridized carbons (Fsp3) is 0.471. The topological polar surface area (TPSA) is 97.1 Å². The Bertz CT molecular complexity index is 692. The van der Waals surface area contributed by atoms with E-state index in [4.69, 9.17) is 5.73 Å². The van der Waals surface area contributed by atoms with Crippen molar-refractivity contribution in [3.63, 3.8) is 0 Å². The first kappa shape index (κ1) is 16.4. The number of hydrogen-bond acceptors (Lipinski definition) is 6. The van der Waals surface area contributed by atoms with Gasteiger partial charge in [-0.15, -0.1) is 0 Å². The number of carbonyl (C=O) groups excluding carboxylic acids is 1. The van der Waals surface area contributed by atoms with Gasteiger partial charge in [0, 0.05) is 29.9 Å². The maximum Gasteiger partial charge on any atom is 0.311 e. The number of ether oxygens (including phenoxy) is 1. The van der Waals surface area contributed by atoms with Gasteiger partial charge in [-0.05, 0) is 38.1 Å². The highest BCUT2D eigenvalue weighted by atomic mass is 16.5. The quantitative estimate of drug-likeness (QED) is 0.807. The van der Waals surface area contributed by atoms with Crippen LogP contribution in [0.1, 0.15) is 35.7 Å². The molecular formula is C17H23N5O2. The highest BCUT2D eigenvalue weighted by molar-refractivity contribution is 5.71. The second-order valence-corrected chi connectivity index (χ2v) is 6.17. The van der Waals surface area contributed by atoms with Crippen LogP contribution in [0.2, 0.25) is 0 Å². The summed E-state index contributed by atoms with van der Waals surface area (Å²) >= 11 is 0. The number of nitrogens with zero attached hydrogens (tertiary/aromatic N) is 3. The third-order valence-corrected chi connectivity index (χ3v) is 4.54. The molecule has 0 spiro atoms. The van der Waals surface area contributed by atoms with Gasteiger partial charge in [-0.25, -0.2) is 4.98 Å². The largest absolute Gasteiger partial charge is 0.469 e. The normalized spacial score (nSPS) is 16.2. The molecule has 2 aromatic heterocycles. The van der Waals surface area contributed by atoms with E-state index in [0.29, 0.717) is 11.7 Å². The molecular weight excluding hydrogens is 306 g/mol. The number of H-pyrrole nitrogens is 1. The number of pyridine rings is 1. The predicted molar refractivity (Wildman–Crippen MR) is 90.2 cm³/mol. The number of nitrogens with two attached hydrogens (primary N) is 1. The number of esters is 1. The summed E-state index contributed by atoms with van der Waals surface area (Å²) in [5.74, 6) is 0.781. The zero-order valence-electron chi connectivity index (χ0n) is 13.9. The number of hydrogen-bond donors (Lipinski definition) is 2. The lowest BCUT2D eigenvalue weighted by Gasteiger charge is -2.31. The van der Waals surface area contributed by atoms with Crippen molar-refractivity contribution >= 4 is 11.8 Å². The molecule has 0 unspecified atom stereocenters. The summed E-state index contributed by atoms with van der Waals surface area (Å²) < 4.78 is 4.68. The molecule has 0 aliphatic carbocycles. The molecule has 128 valence electrons. The van der Waals surface area contributed by atoms with Crippen LogP contribution in [0.5, 0.6) is 0 Å². The summed E-state index contributed by atoms with van der Waals surface area (Å²) in [6, 6.07) is 5.93. The fourth-order valence-electron chi connectivity index (χ4n) is 3.12. The molecule has 24 heavy (non-hydrogen) atoms. The molecule has 0 saturated carbocycles. The molecule has 7 heteroatoms. The van der Waals surface area contributed by atoms with E-state index in [9.17, 15) is 4.79 Å². The molecule has 1 aliphatic heterocycles. The molecule has 0 atom stereocenters. The van der Waals surface area contributed by atoms with E-state index in [-0.39, 0.29) is 12.4 Å². The lowest BCUT2D eigenvalue weighted by molar-refractivity contribution is -0.139. The molecule has 3 N–H and O–H groups in total. The van der Waals surface area contributed by atoms with Gasteiger partial charge in [0.25, 0.3) is 0 Å². The average molecular weight is 329 g/mol. The lowest BCUT2D eigenvalue weighted by Crippen LogP contribution is -2.32. The Morgan fingerprint density at radius 3 is 2.96 bits per heavy atom. The van der Waals surface area contributed by atoms with E-state index in [1.165, 1.54) is 7.11 Å². The van der Waals surface area contributed by atoms with Crippen LogP contribution in [0.3, 0.4) is 0 Å². The van der Waals surface area contributed by atoms with Crippen molar-refractivity contribution in [2.45, 2.75) is 31.7 Å². The second kappa shape index (κ2) is 7.44. The number of likely N-dealkylation sites (tertiary alicyclic amines) is 1. The minimum absolute atomic E-state index is 0.239. The minimum Gasteiger partial charge on any atom is -0.469 e. The second-order valence-electron chi connectivity index (χ2n) is 6.17. The molecule has 0 bridgehead atoms. The van der Waals surface area contributed by atoms with Gasteiger partial charge in [0.1, 0.15) is 5.82 Å². The van der Waals surface area contributed by atoms with E-state index in [1.807, 2.05) is 18.2 Å². The van der Waals surface area contributed by atoms with E-state index in [2.05, 4.69) is 24.8 Å². The number of aromatic amines is 1. The van der Waals surface area contributed by atoms with Crippen molar-refractivity contribution in [2.75, 3.05) is 25.9 Å². The van der Waals surface area contributed by atoms with Crippen molar-refractivity contribution < 1.29 is 9.53 Å². The summed E-state index contributed by atoms with van der Waals surface area (Å²) in [6.07, 6.45) is 4.04. The number of piperidine rings is 1. The number of aromatic nitrogens is 3. The molecule has 0 radical (unpaired) electrons. The fourth-order valence-corrected chi connectivity index (χ4v) is 3.12. The molecule has 3 rings (SSSR count). The zero-order chi connectivity index (χ0) is 16.9. The highest BCUT2D eigenvalue weighted by Gasteiger charge is 2.23. The summed E-state index contributed by atoms with van der Waals surface area (Å²) in [7, 11) is 1.39. The van der Waals surface area contributed by atoms with Gasteiger partial charge in [-0.3, -0.25) is 14.8 Å². The molecule has 7 nitrogen and oxygen atoms in total. The van der Waals surface area contributed by atoms with Gasteiger partial charge in [0.15, 0.2) is 0 Å². The Morgan fingerprint density at radius 1 is 1.46 bits per heavy atom. The molecule has 0 aromatic carbocycles. The number of nitrogen functional groups attached to an aromatic ring is 1. The number of rotatable bonds is 5. The third-order valence-electron chi connectivity index (χ3n) is 4.54. The Balaban J connectivity index is 1.53. The Labute approximate surface area is 141 Å². The highest BCUT2D eigenvalue weighted by Crippen LogP contribution is 2.28. The first-order valence-electron chi connectivity index (χ1n) is 8.18. The van der Waals surface area contributed by atoms with Crippen molar-refractivity contribution in [2.24, 2.45) is 0 Å². The number of anilines is 1. The summed E-state index contributed by atoms with van der Waals surface area (Å²) in [5, 5.41) is 7.31. The molecule has 2 aromatic rings. The monoisotopic (exact) mass is 329 g/mol. The minimum atomic E-state index is -0.255. The number of nitrogens with one attached hydrogen (secondary N) is 1. The van der Waals surface area contributed by atoms with E-state index >= 15 is 0 Å². The number of methoxy groups -OCH3 is 1. The average Bonchev–Trinajstić information content (AvgIpc) is 3.06. The molecule has 1 aliphatic rings. The van der Waals surface area contributed by atoms with Crippen molar-refractivity contribution in [3.05, 3.63) is 41.3 Å². The Kier molecular flexibility index (Phi) is 5.10. The van der Waals surface area contributed by atoms with Crippen LogP contribution in [0.15, 0.2) is 24.4 Å². The van der Waals surface area contributed by atoms with E-state index in [1.54, 1.807) is 6.20 Å². The van der Waals surface area contributed by atoms with Crippen molar-refractivity contribution in [1.82, 2.24) is 20.1 Å². The smallest absolute Gasteiger partial charge is 0.311 e. The summed E-state index contributed by atoms with van der Waals surface area (Å²) in [5.41, 5.74) is 8.84. The predicted octanol–water partition coefficient (Wildman–Crippen LogP) is 1.48. The van der Waals surface area contributed by atoms with Gasteiger partial charge >= 0.3 is 5.97 Å². The van der Waals surface area contributed by atoms with Gasteiger partial charge in [-0.1, -0.05) is 6.07 Å². The van der Waals surface area contributed by atoms with Crippen molar-refractivity contribution in [1.29, 1.82) is 0 Å². The standard InChI is InChI=1S/C17H23N5O2/c1-24-16(23)10-14-9-15(21-20-14)12-4-7-22(8-5-12)11-13-3-2-6-19-17(13)18/h2-3,6,9,12H,4-5,7-8,10-11H2,1H3,(H2,18,19)(H,20,21). The maximum absolute atomic E-state index is 11.3. The third kappa shape index (κ3) is 3.91. The molecule has 1 saturated heterocycles. The van der Waals surface area contributed by atoms with Crippen LogP contribution in [-0.4, -0.2) is 46.2 Å². The van der Waals surface area contributed by atoms with Crippen LogP contribution >= 0.6 is 0 Å². The Morgan fingerprint density at radius 2 is 2.25 bits per heavy atom. The lowest BCUT2D eigenvalue weighted by atomic mass is 9.93. The maximum atomic E-state index is 11.3. The van der Waals surface area contributed by atoms with Gasteiger partial charge in [0.2, 0.25) is 0 Å². The summed E-state index contributed by atoms with van der Waals surface area (Å²) in [4.78, 5) is 17.9. The molecule has 1 fully saturated rings. The molecule has 3 heterocycles. The van der Waals surface area contributed by atoms with Crippen LogP contribution in [0.4, 0.5) is 5.82 Å². The van der Waals surface area contributed by atoms with E-state index in [0.717, 1.165) is 49.4 Å². The molecule has 0 amide bonds. The van der Waals surface area contributed by atoms with Crippen LogP contribution in [0, 0.1) is 0 Å². The SMILES string of the molecule is COC(=O)Cc1cc(C2CCN(Cc3cccnc3N)CC2)n[nH]1. The zero-order valence-corrected chi connectivity index (χ0v) is 13.9. The first-order chi connectivity index (χ1) is 11.7. The van der Waals surface area contributed by atoms with Gasteiger partial charge in [0.05, 0.1) is 19.2 Å². The summed E-state index contributed by atoms with van der Waals surface area (Å²) in [6.45, 7) is 2.83.